The van der Waals surface area contributed by atoms with Crippen LogP contribution >= 0.6 is 0 Å². The fraction of sp³-hybridized carbons (Fsp3) is 0.412. The molecule has 1 spiro atoms. The van der Waals surface area contributed by atoms with Crippen molar-refractivity contribution in [2.75, 3.05) is 25.0 Å². The maximum absolute atomic E-state index is 12.6. The summed E-state index contributed by atoms with van der Waals surface area (Å²) in [5, 5.41) is 2.97. The lowest BCUT2D eigenvalue weighted by Crippen LogP contribution is -2.58. The van der Waals surface area contributed by atoms with Crippen molar-refractivity contribution in [1.82, 2.24) is 9.80 Å². The van der Waals surface area contributed by atoms with Gasteiger partial charge in [-0.05, 0) is 43.5 Å². The summed E-state index contributed by atoms with van der Waals surface area (Å²) < 4.78 is 0. The number of nitrogens with zero attached hydrogens (tertiary/aromatic N) is 2. The van der Waals surface area contributed by atoms with Crippen LogP contribution in [0.5, 0.6) is 0 Å². The van der Waals surface area contributed by atoms with Crippen LogP contribution in [0, 0.1) is 6.92 Å². The van der Waals surface area contributed by atoms with Crippen LogP contribution < -0.4 is 5.32 Å². The van der Waals surface area contributed by atoms with E-state index < -0.39 is 0 Å². The fourth-order valence-electron chi connectivity index (χ4n) is 3.10. The maximum atomic E-state index is 12.6. The lowest BCUT2D eigenvalue weighted by atomic mass is 10.1. The Labute approximate surface area is 130 Å². The molecule has 1 aliphatic carbocycles. The number of hydrogen-bond donors (Lipinski definition) is 1. The molecule has 1 saturated carbocycles. The lowest BCUT2D eigenvalue weighted by Gasteiger charge is -2.41. The zero-order valence-electron chi connectivity index (χ0n) is 12.8. The molecule has 3 amide bonds. The van der Waals surface area contributed by atoms with Crippen molar-refractivity contribution in [2.45, 2.75) is 25.3 Å². The number of rotatable bonds is 2. The number of amides is 3. The Hall–Kier alpha value is -2.30. The van der Waals surface area contributed by atoms with Gasteiger partial charge in [0.2, 0.25) is 5.91 Å². The minimum atomic E-state index is -0.176. The Kier molecular flexibility index (Phi) is 3.64. The molecule has 0 radical (unpaired) electrons. The van der Waals surface area contributed by atoms with Gasteiger partial charge in [0.05, 0.1) is 5.54 Å². The van der Waals surface area contributed by atoms with E-state index >= 15 is 0 Å². The van der Waals surface area contributed by atoms with E-state index in [0.717, 1.165) is 24.1 Å². The lowest BCUT2D eigenvalue weighted by molar-refractivity contribution is -0.128. The van der Waals surface area contributed by atoms with Crippen LogP contribution in [0.1, 0.15) is 18.4 Å². The van der Waals surface area contributed by atoms with E-state index in [9.17, 15) is 9.59 Å². The molecule has 5 heteroatoms. The second-order valence-corrected chi connectivity index (χ2v) is 6.14. The number of hydrogen-bond acceptors (Lipinski definition) is 2. The van der Waals surface area contributed by atoms with Crippen molar-refractivity contribution in [3.8, 4) is 0 Å². The number of anilines is 1. The predicted octanol–water partition coefficient (Wildman–Crippen LogP) is 2.39. The van der Waals surface area contributed by atoms with E-state index in [1.54, 1.807) is 4.90 Å². The van der Waals surface area contributed by atoms with E-state index in [1.165, 1.54) is 6.08 Å². The van der Waals surface area contributed by atoms with E-state index in [2.05, 4.69) is 11.9 Å². The summed E-state index contributed by atoms with van der Waals surface area (Å²) in [4.78, 5) is 28.0. The average molecular weight is 299 g/mol. The number of piperazine rings is 1. The topological polar surface area (TPSA) is 52.7 Å². The SMILES string of the molecule is C=CC(=O)N1CCN(C(=O)Nc2cccc(C)c2)C2(CC2)C1. The molecule has 1 N–H and O–H groups in total. The fourth-order valence-corrected chi connectivity index (χ4v) is 3.10. The molecule has 116 valence electrons. The summed E-state index contributed by atoms with van der Waals surface area (Å²) in [6.07, 6.45) is 3.25. The highest BCUT2D eigenvalue weighted by Crippen LogP contribution is 2.44. The van der Waals surface area contributed by atoms with Crippen molar-refractivity contribution in [2.24, 2.45) is 0 Å². The first-order valence-electron chi connectivity index (χ1n) is 7.61. The van der Waals surface area contributed by atoms with E-state index in [0.29, 0.717) is 19.6 Å². The first kappa shape index (κ1) is 14.6. The van der Waals surface area contributed by atoms with Crippen LogP contribution in [0.3, 0.4) is 0 Å². The van der Waals surface area contributed by atoms with E-state index in [1.807, 2.05) is 36.1 Å². The first-order chi connectivity index (χ1) is 10.5. The van der Waals surface area contributed by atoms with Gasteiger partial charge in [-0.2, -0.15) is 0 Å². The third-order valence-electron chi connectivity index (χ3n) is 4.48. The Morgan fingerprint density at radius 3 is 2.73 bits per heavy atom. The normalized spacial score (nSPS) is 19.0. The molecule has 1 saturated heterocycles. The summed E-state index contributed by atoms with van der Waals surface area (Å²) in [5.74, 6) is -0.0509. The highest BCUT2D eigenvalue weighted by Gasteiger charge is 2.53. The molecule has 2 aliphatic rings. The summed E-state index contributed by atoms with van der Waals surface area (Å²) in [5.41, 5.74) is 1.75. The van der Waals surface area contributed by atoms with Crippen LogP contribution in [0.4, 0.5) is 10.5 Å². The number of nitrogens with one attached hydrogen (secondary N) is 1. The highest BCUT2D eigenvalue weighted by molar-refractivity contribution is 5.91. The van der Waals surface area contributed by atoms with Crippen LogP contribution in [0.15, 0.2) is 36.9 Å². The first-order valence-corrected chi connectivity index (χ1v) is 7.61. The van der Waals surface area contributed by atoms with Crippen LogP contribution in [0.2, 0.25) is 0 Å². The molecule has 5 nitrogen and oxygen atoms in total. The van der Waals surface area contributed by atoms with E-state index in [-0.39, 0.29) is 17.5 Å². The summed E-state index contributed by atoms with van der Waals surface area (Å²) >= 11 is 0. The Balaban J connectivity index is 1.69. The smallest absolute Gasteiger partial charge is 0.322 e. The van der Waals surface area contributed by atoms with Gasteiger partial charge in [0.25, 0.3) is 0 Å². The van der Waals surface area contributed by atoms with Crippen LogP contribution in [0.25, 0.3) is 0 Å². The zero-order chi connectivity index (χ0) is 15.7. The minimum absolute atomic E-state index is 0.0509. The Morgan fingerprint density at radius 2 is 2.09 bits per heavy atom. The Morgan fingerprint density at radius 1 is 1.32 bits per heavy atom. The van der Waals surface area contributed by atoms with Crippen molar-refractivity contribution < 1.29 is 9.59 Å². The van der Waals surface area contributed by atoms with Gasteiger partial charge in [0, 0.05) is 25.3 Å². The second-order valence-electron chi connectivity index (χ2n) is 6.14. The van der Waals surface area contributed by atoms with Gasteiger partial charge in [-0.1, -0.05) is 18.7 Å². The molecule has 0 aromatic heterocycles. The molecule has 1 aromatic carbocycles. The van der Waals surface area contributed by atoms with E-state index in [4.69, 9.17) is 0 Å². The molecule has 1 aromatic rings. The Bertz CT molecular complexity index is 622. The summed E-state index contributed by atoms with van der Waals surface area (Å²) in [6, 6.07) is 7.70. The van der Waals surface area contributed by atoms with Gasteiger partial charge in [0.1, 0.15) is 0 Å². The number of aryl methyl sites for hydroxylation is 1. The standard InChI is InChI=1S/C17H21N3O2/c1-3-15(21)19-9-10-20(17(12-19)7-8-17)16(22)18-14-6-4-5-13(2)11-14/h3-6,11H,1,7-10,12H2,2H3,(H,18,22). The summed E-state index contributed by atoms with van der Waals surface area (Å²) in [7, 11) is 0. The molecular weight excluding hydrogens is 278 g/mol. The largest absolute Gasteiger partial charge is 0.335 e. The molecule has 0 unspecified atom stereocenters. The van der Waals surface area contributed by atoms with Crippen LogP contribution in [-0.2, 0) is 4.79 Å². The predicted molar refractivity (Wildman–Crippen MR) is 85.6 cm³/mol. The van der Waals surface area contributed by atoms with Gasteiger partial charge in [0.15, 0.2) is 0 Å². The number of urea groups is 1. The molecule has 2 fully saturated rings. The third kappa shape index (κ3) is 2.71. The molecule has 22 heavy (non-hydrogen) atoms. The average Bonchev–Trinajstić information content (AvgIpc) is 3.25. The minimum Gasteiger partial charge on any atom is -0.335 e. The number of carbonyl (C=O) groups excluding carboxylic acids is 2. The zero-order valence-corrected chi connectivity index (χ0v) is 12.8. The third-order valence-corrected chi connectivity index (χ3v) is 4.48. The molecule has 0 bridgehead atoms. The molecule has 1 heterocycles. The number of benzene rings is 1. The molecular formula is C17H21N3O2. The summed E-state index contributed by atoms with van der Waals surface area (Å²) in [6.45, 7) is 7.28. The molecule has 0 atom stereocenters. The highest BCUT2D eigenvalue weighted by atomic mass is 16.2. The molecule has 3 rings (SSSR count). The maximum Gasteiger partial charge on any atom is 0.322 e. The second kappa shape index (κ2) is 5.48. The van der Waals surface area contributed by atoms with Crippen LogP contribution in [-0.4, -0.2) is 46.9 Å². The van der Waals surface area contributed by atoms with Crippen molar-refractivity contribution >= 4 is 17.6 Å². The number of carbonyl (C=O) groups is 2. The van der Waals surface area contributed by atoms with Crippen molar-refractivity contribution in [3.05, 3.63) is 42.5 Å². The van der Waals surface area contributed by atoms with Gasteiger partial charge in [-0.25, -0.2) is 4.79 Å². The molecule has 1 aliphatic heterocycles. The quantitative estimate of drug-likeness (QED) is 0.853. The van der Waals surface area contributed by atoms with Crippen molar-refractivity contribution in [3.63, 3.8) is 0 Å². The van der Waals surface area contributed by atoms with Gasteiger partial charge in [-0.3, -0.25) is 4.79 Å². The van der Waals surface area contributed by atoms with Crippen molar-refractivity contribution in [1.29, 1.82) is 0 Å². The monoisotopic (exact) mass is 299 g/mol. The van der Waals surface area contributed by atoms with Gasteiger partial charge >= 0.3 is 6.03 Å². The van der Waals surface area contributed by atoms with Gasteiger partial charge < -0.3 is 15.1 Å². The van der Waals surface area contributed by atoms with Gasteiger partial charge in [-0.15, -0.1) is 0 Å².